The molecular weight excluding hydrogens is 313 g/mol. The van der Waals surface area contributed by atoms with Gasteiger partial charge in [-0.05, 0) is 24.3 Å². The minimum absolute atomic E-state index is 0.0380. The normalized spacial score (nSPS) is 11.1. The van der Waals surface area contributed by atoms with Crippen LogP contribution in [0.2, 0.25) is 0 Å². The summed E-state index contributed by atoms with van der Waals surface area (Å²) in [6, 6.07) is 7.56. The van der Waals surface area contributed by atoms with E-state index in [2.05, 4.69) is 5.32 Å². The van der Waals surface area contributed by atoms with E-state index in [1.54, 1.807) is 0 Å². The van der Waals surface area contributed by atoms with Gasteiger partial charge in [0.25, 0.3) is 5.91 Å². The molecule has 0 fully saturated rings. The Morgan fingerprint density at radius 3 is 2.48 bits per heavy atom. The molecule has 5 nitrogen and oxygen atoms in total. The smallest absolute Gasteiger partial charge is 0.418 e. The maximum absolute atomic E-state index is 12.8. The van der Waals surface area contributed by atoms with Crippen molar-refractivity contribution in [1.29, 1.82) is 0 Å². The van der Waals surface area contributed by atoms with Gasteiger partial charge in [0.05, 0.1) is 24.1 Å². The fraction of sp³-hybridized carbons (Fsp3) is 0.200. The molecule has 2 aromatic rings. The number of alkyl halides is 3. The van der Waals surface area contributed by atoms with Gasteiger partial charge in [-0.15, -0.1) is 0 Å². The lowest BCUT2D eigenvalue weighted by Gasteiger charge is -2.17. The maximum atomic E-state index is 12.8. The molecular formula is C15H13F3N2O3. The van der Waals surface area contributed by atoms with Crippen molar-refractivity contribution in [3.8, 4) is 0 Å². The van der Waals surface area contributed by atoms with Crippen LogP contribution in [-0.4, -0.2) is 30.3 Å². The number of carbonyl (C=O) groups is 2. The number of furan rings is 1. The minimum atomic E-state index is -4.58. The molecule has 122 valence electrons. The average molecular weight is 326 g/mol. The van der Waals surface area contributed by atoms with Crippen LogP contribution in [0.4, 0.5) is 18.9 Å². The first-order valence-electron chi connectivity index (χ1n) is 6.54. The van der Waals surface area contributed by atoms with Crippen LogP contribution in [0.1, 0.15) is 16.1 Å². The highest BCUT2D eigenvalue weighted by molar-refractivity contribution is 5.98. The second-order valence-electron chi connectivity index (χ2n) is 4.73. The number of anilines is 1. The molecule has 0 aliphatic heterocycles. The Bertz CT molecular complexity index is 696. The van der Waals surface area contributed by atoms with Gasteiger partial charge in [-0.2, -0.15) is 13.2 Å². The SMILES string of the molecule is CN(CC(=O)Nc1ccccc1C(F)(F)F)C(=O)c1ccco1. The van der Waals surface area contributed by atoms with E-state index < -0.39 is 30.1 Å². The average Bonchev–Trinajstić information content (AvgIpc) is 2.99. The molecule has 1 heterocycles. The van der Waals surface area contributed by atoms with Gasteiger partial charge in [-0.3, -0.25) is 9.59 Å². The summed E-state index contributed by atoms with van der Waals surface area (Å²) < 4.78 is 43.4. The predicted octanol–water partition coefficient (Wildman–Crippen LogP) is 3.01. The Kier molecular flexibility index (Phi) is 4.73. The zero-order valence-electron chi connectivity index (χ0n) is 12.1. The van der Waals surface area contributed by atoms with E-state index in [0.717, 1.165) is 17.0 Å². The molecule has 0 saturated carbocycles. The molecule has 0 saturated heterocycles. The van der Waals surface area contributed by atoms with Crippen molar-refractivity contribution in [1.82, 2.24) is 4.90 Å². The van der Waals surface area contributed by atoms with Gasteiger partial charge >= 0.3 is 6.18 Å². The molecule has 2 amide bonds. The van der Waals surface area contributed by atoms with Gasteiger partial charge in [-0.25, -0.2) is 0 Å². The number of nitrogens with zero attached hydrogens (tertiary/aromatic N) is 1. The first-order chi connectivity index (χ1) is 10.8. The summed E-state index contributed by atoms with van der Waals surface area (Å²) in [6.45, 7) is -0.411. The van der Waals surface area contributed by atoms with Crippen LogP contribution in [0, 0.1) is 0 Å². The highest BCUT2D eigenvalue weighted by atomic mass is 19.4. The van der Waals surface area contributed by atoms with E-state index in [1.165, 1.54) is 37.6 Å². The molecule has 8 heteroatoms. The zero-order chi connectivity index (χ0) is 17.0. The maximum Gasteiger partial charge on any atom is 0.418 e. The van der Waals surface area contributed by atoms with E-state index in [-0.39, 0.29) is 11.4 Å². The molecule has 0 aliphatic rings. The Balaban J connectivity index is 2.04. The molecule has 0 spiro atoms. The number of likely N-dealkylation sites (N-methyl/N-ethyl adjacent to an activating group) is 1. The third kappa shape index (κ3) is 4.12. The molecule has 0 aliphatic carbocycles. The Morgan fingerprint density at radius 2 is 1.87 bits per heavy atom. The largest absolute Gasteiger partial charge is 0.459 e. The number of halogens is 3. The summed E-state index contributed by atoms with van der Waals surface area (Å²) in [5, 5.41) is 2.16. The second kappa shape index (κ2) is 6.55. The van der Waals surface area contributed by atoms with Crippen molar-refractivity contribution in [2.45, 2.75) is 6.18 Å². The van der Waals surface area contributed by atoms with Gasteiger partial charge in [0, 0.05) is 7.05 Å². The molecule has 0 atom stereocenters. The van der Waals surface area contributed by atoms with Crippen molar-refractivity contribution >= 4 is 17.5 Å². The molecule has 0 unspecified atom stereocenters. The number of hydrogen-bond donors (Lipinski definition) is 1. The highest BCUT2D eigenvalue weighted by Crippen LogP contribution is 2.34. The van der Waals surface area contributed by atoms with E-state index in [4.69, 9.17) is 4.42 Å². The van der Waals surface area contributed by atoms with Crippen LogP contribution in [0.15, 0.2) is 47.1 Å². The molecule has 1 N–H and O–H groups in total. The van der Waals surface area contributed by atoms with Crippen LogP contribution in [0.25, 0.3) is 0 Å². The van der Waals surface area contributed by atoms with Crippen molar-refractivity contribution in [2.75, 3.05) is 18.9 Å². The summed E-state index contributed by atoms with van der Waals surface area (Å²) in [5.41, 5.74) is -1.31. The second-order valence-corrected chi connectivity index (χ2v) is 4.73. The third-order valence-electron chi connectivity index (χ3n) is 2.97. The van der Waals surface area contributed by atoms with Gasteiger partial charge in [0.1, 0.15) is 0 Å². The van der Waals surface area contributed by atoms with Gasteiger partial charge in [-0.1, -0.05) is 12.1 Å². The molecule has 1 aromatic heterocycles. The number of para-hydroxylation sites is 1. The van der Waals surface area contributed by atoms with Gasteiger partial charge in [0.15, 0.2) is 5.76 Å². The van der Waals surface area contributed by atoms with Crippen LogP contribution >= 0.6 is 0 Å². The molecule has 2 rings (SSSR count). The number of nitrogens with one attached hydrogen (secondary N) is 1. The molecule has 0 radical (unpaired) electrons. The van der Waals surface area contributed by atoms with E-state index in [9.17, 15) is 22.8 Å². The summed E-state index contributed by atoms with van der Waals surface area (Å²) in [7, 11) is 1.35. The number of amides is 2. The summed E-state index contributed by atoms with van der Waals surface area (Å²) in [6.07, 6.45) is -3.28. The van der Waals surface area contributed by atoms with E-state index in [0.29, 0.717) is 0 Å². The predicted molar refractivity (Wildman–Crippen MR) is 75.7 cm³/mol. The highest BCUT2D eigenvalue weighted by Gasteiger charge is 2.33. The Hall–Kier alpha value is -2.77. The lowest BCUT2D eigenvalue weighted by molar-refractivity contribution is -0.137. The summed E-state index contributed by atoms with van der Waals surface area (Å²) >= 11 is 0. The fourth-order valence-corrected chi connectivity index (χ4v) is 1.90. The number of carbonyl (C=O) groups excluding carboxylic acids is 2. The monoisotopic (exact) mass is 326 g/mol. The molecule has 23 heavy (non-hydrogen) atoms. The first-order valence-corrected chi connectivity index (χ1v) is 6.54. The van der Waals surface area contributed by atoms with E-state index >= 15 is 0 Å². The topological polar surface area (TPSA) is 62.6 Å². The quantitative estimate of drug-likeness (QED) is 0.939. The van der Waals surface area contributed by atoms with E-state index in [1.807, 2.05) is 0 Å². The minimum Gasteiger partial charge on any atom is -0.459 e. The van der Waals surface area contributed by atoms with Crippen molar-refractivity contribution < 1.29 is 27.2 Å². The van der Waals surface area contributed by atoms with Crippen LogP contribution < -0.4 is 5.32 Å². The third-order valence-corrected chi connectivity index (χ3v) is 2.97. The Morgan fingerprint density at radius 1 is 1.17 bits per heavy atom. The number of hydrogen-bond acceptors (Lipinski definition) is 3. The zero-order valence-corrected chi connectivity index (χ0v) is 12.1. The van der Waals surface area contributed by atoms with Crippen molar-refractivity contribution in [2.24, 2.45) is 0 Å². The Labute approximate surface area is 129 Å². The standard InChI is InChI=1S/C15H13F3N2O3/c1-20(14(22)12-7-4-8-23-12)9-13(21)19-11-6-3-2-5-10(11)15(16,17)18/h2-8H,9H2,1H3,(H,19,21). The molecule has 1 aromatic carbocycles. The van der Waals surface area contributed by atoms with Crippen molar-refractivity contribution in [3.63, 3.8) is 0 Å². The van der Waals surface area contributed by atoms with Crippen molar-refractivity contribution in [3.05, 3.63) is 54.0 Å². The van der Waals surface area contributed by atoms with Crippen LogP contribution in [0.5, 0.6) is 0 Å². The number of benzene rings is 1. The number of rotatable bonds is 4. The lowest BCUT2D eigenvalue weighted by atomic mass is 10.1. The fourth-order valence-electron chi connectivity index (χ4n) is 1.90. The summed E-state index contributed by atoms with van der Waals surface area (Å²) in [5.74, 6) is -1.26. The van der Waals surface area contributed by atoms with Crippen LogP contribution in [-0.2, 0) is 11.0 Å². The van der Waals surface area contributed by atoms with Gasteiger partial charge < -0.3 is 14.6 Å². The lowest BCUT2D eigenvalue weighted by Crippen LogP contribution is -2.35. The van der Waals surface area contributed by atoms with Crippen LogP contribution in [0.3, 0.4) is 0 Å². The molecule has 0 bridgehead atoms. The summed E-state index contributed by atoms with van der Waals surface area (Å²) in [4.78, 5) is 24.8. The van der Waals surface area contributed by atoms with Gasteiger partial charge in [0.2, 0.25) is 5.91 Å². The first kappa shape index (κ1) is 16.6.